The van der Waals surface area contributed by atoms with Crippen LogP contribution >= 0.6 is 11.3 Å². The molecule has 0 saturated heterocycles. The molecule has 1 saturated carbocycles. The summed E-state index contributed by atoms with van der Waals surface area (Å²) in [5, 5.41) is 4.00. The van der Waals surface area contributed by atoms with E-state index in [0.717, 1.165) is 24.6 Å². The van der Waals surface area contributed by atoms with Crippen molar-refractivity contribution in [3.8, 4) is 0 Å². The zero-order chi connectivity index (χ0) is 13.2. The summed E-state index contributed by atoms with van der Waals surface area (Å²) in [5.41, 5.74) is 1.21. The number of pyridine rings is 1. The molecule has 2 aromatic heterocycles. The quantitative estimate of drug-likeness (QED) is 0.859. The lowest BCUT2D eigenvalue weighted by molar-refractivity contribution is 0.0725. The Morgan fingerprint density at radius 2 is 2.32 bits per heavy atom. The van der Waals surface area contributed by atoms with Gasteiger partial charge >= 0.3 is 0 Å². The Morgan fingerprint density at radius 3 is 2.95 bits per heavy atom. The van der Waals surface area contributed by atoms with Crippen molar-refractivity contribution in [2.45, 2.75) is 25.4 Å². The summed E-state index contributed by atoms with van der Waals surface area (Å²) in [6.07, 6.45) is 4.54. The minimum absolute atomic E-state index is 0.108. The lowest BCUT2D eigenvalue weighted by atomic mass is 10.2. The molecular weight excluding hydrogens is 263 g/mol. The number of rotatable bonds is 4. The van der Waals surface area contributed by atoms with Gasteiger partial charge < -0.3 is 4.90 Å². The summed E-state index contributed by atoms with van der Waals surface area (Å²) in [5.74, 6) is -0.794. The first-order valence-corrected chi connectivity index (χ1v) is 7.11. The van der Waals surface area contributed by atoms with Crippen molar-refractivity contribution in [2.75, 3.05) is 0 Å². The molecule has 98 valence electrons. The van der Waals surface area contributed by atoms with Crippen LogP contribution in [0.3, 0.4) is 0 Å². The molecule has 3 rings (SSSR count). The van der Waals surface area contributed by atoms with Gasteiger partial charge in [-0.2, -0.15) is 11.3 Å². The molecule has 2 aromatic rings. The summed E-state index contributed by atoms with van der Waals surface area (Å²) in [6.45, 7) is 0.550. The van der Waals surface area contributed by atoms with E-state index in [-0.39, 0.29) is 17.5 Å². The Bertz CT molecular complexity index is 581. The number of halogens is 1. The number of aromatic nitrogens is 1. The Kier molecular flexibility index (Phi) is 3.29. The second kappa shape index (κ2) is 5.09. The third-order valence-corrected chi connectivity index (χ3v) is 3.92. The van der Waals surface area contributed by atoms with Gasteiger partial charge in [0, 0.05) is 18.8 Å². The van der Waals surface area contributed by atoms with E-state index in [4.69, 9.17) is 0 Å². The van der Waals surface area contributed by atoms with Gasteiger partial charge in [0.1, 0.15) is 0 Å². The zero-order valence-corrected chi connectivity index (χ0v) is 11.1. The highest BCUT2D eigenvalue weighted by Gasteiger charge is 2.34. The highest BCUT2D eigenvalue weighted by molar-refractivity contribution is 7.07. The summed E-state index contributed by atoms with van der Waals surface area (Å²) >= 11 is 1.60. The van der Waals surface area contributed by atoms with E-state index in [1.807, 2.05) is 16.8 Å². The van der Waals surface area contributed by atoms with E-state index in [9.17, 15) is 9.18 Å². The fourth-order valence-corrected chi connectivity index (χ4v) is 2.70. The van der Waals surface area contributed by atoms with E-state index in [1.165, 1.54) is 12.3 Å². The fraction of sp³-hybridized carbons (Fsp3) is 0.286. The molecule has 0 N–H and O–H groups in total. The number of hydrogen-bond acceptors (Lipinski definition) is 3. The zero-order valence-electron chi connectivity index (χ0n) is 10.3. The number of amides is 1. The third kappa shape index (κ3) is 2.66. The van der Waals surface area contributed by atoms with E-state index < -0.39 is 5.82 Å². The third-order valence-electron chi connectivity index (χ3n) is 3.18. The Hall–Kier alpha value is -1.75. The van der Waals surface area contributed by atoms with Crippen molar-refractivity contribution >= 4 is 17.2 Å². The van der Waals surface area contributed by atoms with E-state index in [0.29, 0.717) is 6.54 Å². The van der Waals surface area contributed by atoms with Gasteiger partial charge in [-0.05, 0) is 41.3 Å². The number of carbonyl (C=O) groups is 1. The van der Waals surface area contributed by atoms with Gasteiger partial charge in [0.2, 0.25) is 0 Å². The maximum Gasteiger partial charge on any atom is 0.257 e. The van der Waals surface area contributed by atoms with Gasteiger partial charge in [-0.15, -0.1) is 0 Å². The lowest BCUT2D eigenvalue weighted by Gasteiger charge is -2.22. The van der Waals surface area contributed by atoms with Crippen LogP contribution in [0.1, 0.15) is 28.8 Å². The maximum atomic E-state index is 13.7. The van der Waals surface area contributed by atoms with Gasteiger partial charge in [0.25, 0.3) is 5.91 Å². The highest BCUT2D eigenvalue weighted by Crippen LogP contribution is 2.30. The molecule has 0 spiro atoms. The molecule has 0 aromatic carbocycles. The molecule has 3 nitrogen and oxygen atoms in total. The van der Waals surface area contributed by atoms with Gasteiger partial charge in [0.05, 0.1) is 11.8 Å². The predicted octanol–water partition coefficient (Wildman–Crippen LogP) is 3.09. The Morgan fingerprint density at radius 1 is 1.47 bits per heavy atom. The Balaban J connectivity index is 1.84. The van der Waals surface area contributed by atoms with Gasteiger partial charge in [-0.1, -0.05) is 0 Å². The van der Waals surface area contributed by atoms with Crippen molar-refractivity contribution in [1.82, 2.24) is 9.88 Å². The number of nitrogens with zero attached hydrogens (tertiary/aromatic N) is 2. The van der Waals surface area contributed by atoms with E-state index >= 15 is 0 Å². The molecular formula is C14H13FN2OS. The number of thiophene rings is 1. The highest BCUT2D eigenvalue weighted by atomic mass is 32.1. The molecule has 0 aliphatic heterocycles. The van der Waals surface area contributed by atoms with Crippen LogP contribution in [0.25, 0.3) is 0 Å². The molecule has 0 unspecified atom stereocenters. The second-order valence-electron chi connectivity index (χ2n) is 4.65. The van der Waals surface area contributed by atoms with Crippen LogP contribution in [0.2, 0.25) is 0 Å². The standard InChI is InChI=1S/C14H13FN2OS/c15-13-7-16-5-3-12(13)14(18)17(11-1-2-11)8-10-4-6-19-9-10/h3-7,9,11H,1-2,8H2. The first-order valence-electron chi connectivity index (χ1n) is 6.17. The maximum absolute atomic E-state index is 13.7. The molecule has 0 radical (unpaired) electrons. The normalized spacial score (nSPS) is 14.4. The van der Waals surface area contributed by atoms with E-state index in [1.54, 1.807) is 16.2 Å². The van der Waals surface area contributed by atoms with Gasteiger partial charge in [-0.3, -0.25) is 9.78 Å². The van der Waals surface area contributed by atoms with Crippen LogP contribution in [-0.4, -0.2) is 21.8 Å². The van der Waals surface area contributed by atoms with Crippen molar-refractivity contribution < 1.29 is 9.18 Å². The van der Waals surface area contributed by atoms with Gasteiger partial charge in [-0.25, -0.2) is 4.39 Å². The number of hydrogen-bond donors (Lipinski definition) is 0. The van der Waals surface area contributed by atoms with Crippen molar-refractivity contribution in [3.63, 3.8) is 0 Å². The van der Waals surface area contributed by atoms with Crippen LogP contribution in [0.4, 0.5) is 4.39 Å². The average Bonchev–Trinajstić information content (AvgIpc) is 3.13. The summed E-state index contributed by atoms with van der Waals surface area (Å²) in [4.78, 5) is 17.9. The van der Waals surface area contributed by atoms with Crippen LogP contribution in [-0.2, 0) is 6.54 Å². The molecule has 1 amide bonds. The lowest BCUT2D eigenvalue weighted by Crippen LogP contribution is -2.33. The molecule has 0 bridgehead atoms. The topological polar surface area (TPSA) is 33.2 Å². The van der Waals surface area contributed by atoms with Crippen LogP contribution in [0.15, 0.2) is 35.3 Å². The first kappa shape index (κ1) is 12.3. The molecule has 0 atom stereocenters. The Labute approximate surface area is 114 Å². The number of carbonyl (C=O) groups excluding carboxylic acids is 1. The fourth-order valence-electron chi connectivity index (χ4n) is 2.04. The first-order chi connectivity index (χ1) is 9.25. The molecule has 5 heteroatoms. The summed E-state index contributed by atoms with van der Waals surface area (Å²) in [6, 6.07) is 3.69. The summed E-state index contributed by atoms with van der Waals surface area (Å²) < 4.78 is 13.7. The van der Waals surface area contributed by atoms with Crippen LogP contribution in [0, 0.1) is 5.82 Å². The minimum Gasteiger partial charge on any atom is -0.331 e. The molecule has 19 heavy (non-hydrogen) atoms. The summed E-state index contributed by atoms with van der Waals surface area (Å²) in [7, 11) is 0. The van der Waals surface area contributed by atoms with Crippen LogP contribution in [0.5, 0.6) is 0 Å². The van der Waals surface area contributed by atoms with Gasteiger partial charge in [0.15, 0.2) is 5.82 Å². The largest absolute Gasteiger partial charge is 0.331 e. The average molecular weight is 276 g/mol. The van der Waals surface area contributed by atoms with Crippen molar-refractivity contribution in [3.05, 3.63) is 52.2 Å². The SMILES string of the molecule is O=C(c1ccncc1F)N(Cc1ccsc1)C1CC1. The monoisotopic (exact) mass is 276 g/mol. The second-order valence-corrected chi connectivity index (χ2v) is 5.43. The smallest absolute Gasteiger partial charge is 0.257 e. The van der Waals surface area contributed by atoms with Crippen molar-refractivity contribution in [2.24, 2.45) is 0 Å². The van der Waals surface area contributed by atoms with E-state index in [2.05, 4.69) is 4.98 Å². The molecule has 2 heterocycles. The molecule has 1 aliphatic rings. The minimum atomic E-state index is -0.552. The predicted molar refractivity (Wildman–Crippen MR) is 71.4 cm³/mol. The van der Waals surface area contributed by atoms with Crippen LogP contribution < -0.4 is 0 Å². The molecule has 1 aliphatic carbocycles. The molecule has 1 fully saturated rings. The van der Waals surface area contributed by atoms with Crippen molar-refractivity contribution in [1.29, 1.82) is 0 Å².